The second kappa shape index (κ2) is 4.49. The molecule has 1 atom stereocenters. The third-order valence-corrected chi connectivity index (χ3v) is 3.53. The van der Waals surface area contributed by atoms with Crippen molar-refractivity contribution in [3.8, 4) is 0 Å². The maximum Gasteiger partial charge on any atom is 0.353 e. The lowest BCUT2D eigenvalue weighted by Crippen LogP contribution is -2.45. The number of cyclic esters (lactones) is 1. The molecule has 100 valence electrons. The summed E-state index contributed by atoms with van der Waals surface area (Å²) >= 11 is 0. The summed E-state index contributed by atoms with van der Waals surface area (Å²) in [6.45, 7) is 0. The Hall–Kier alpha value is -2.62. The maximum absolute atomic E-state index is 12.1. The standard InChI is InChI=1S/C16H12O4/c17-14-13-9-5-4-6-11(13)10-16(20-14,15(18)19)12-7-2-1-3-8-12/h1-9H,10H2,(H,18,19). The van der Waals surface area contributed by atoms with Gasteiger partial charge in [-0.3, -0.25) is 0 Å². The quantitative estimate of drug-likeness (QED) is 0.849. The Morgan fingerprint density at radius 1 is 1.05 bits per heavy atom. The summed E-state index contributed by atoms with van der Waals surface area (Å²) in [5.41, 5.74) is -0.0576. The van der Waals surface area contributed by atoms with E-state index in [2.05, 4.69) is 0 Å². The SMILES string of the molecule is O=C1OC(C(=O)O)(c2ccccc2)Cc2ccccc21. The number of hydrogen-bond acceptors (Lipinski definition) is 3. The molecule has 1 aliphatic heterocycles. The highest BCUT2D eigenvalue weighted by Gasteiger charge is 2.48. The van der Waals surface area contributed by atoms with Gasteiger partial charge in [-0.2, -0.15) is 0 Å². The average Bonchev–Trinajstić information content (AvgIpc) is 2.48. The van der Waals surface area contributed by atoms with Crippen molar-refractivity contribution in [1.29, 1.82) is 0 Å². The Morgan fingerprint density at radius 2 is 1.70 bits per heavy atom. The van der Waals surface area contributed by atoms with E-state index >= 15 is 0 Å². The van der Waals surface area contributed by atoms with E-state index in [-0.39, 0.29) is 6.42 Å². The van der Waals surface area contributed by atoms with Crippen molar-refractivity contribution < 1.29 is 19.4 Å². The lowest BCUT2D eigenvalue weighted by Gasteiger charge is -2.34. The normalized spacial score (nSPS) is 20.9. The van der Waals surface area contributed by atoms with Gasteiger partial charge in [0.25, 0.3) is 0 Å². The van der Waals surface area contributed by atoms with Crippen LogP contribution in [0.2, 0.25) is 0 Å². The maximum atomic E-state index is 12.1. The fourth-order valence-electron chi connectivity index (χ4n) is 2.50. The Bertz CT molecular complexity index is 678. The van der Waals surface area contributed by atoms with Gasteiger partial charge in [0, 0.05) is 12.0 Å². The first-order chi connectivity index (χ1) is 9.63. The van der Waals surface area contributed by atoms with Gasteiger partial charge in [0.1, 0.15) is 0 Å². The molecule has 1 unspecified atom stereocenters. The minimum absolute atomic E-state index is 0.133. The van der Waals surface area contributed by atoms with E-state index in [1.807, 2.05) is 0 Å². The fourth-order valence-corrected chi connectivity index (χ4v) is 2.50. The first-order valence-corrected chi connectivity index (χ1v) is 6.24. The number of ether oxygens (including phenoxy) is 1. The third kappa shape index (κ3) is 1.77. The largest absolute Gasteiger partial charge is 0.478 e. The number of carbonyl (C=O) groups is 2. The number of carbonyl (C=O) groups excluding carboxylic acids is 1. The molecule has 1 heterocycles. The van der Waals surface area contributed by atoms with Crippen molar-refractivity contribution in [3.63, 3.8) is 0 Å². The van der Waals surface area contributed by atoms with Crippen LogP contribution in [0.1, 0.15) is 21.5 Å². The molecule has 4 nitrogen and oxygen atoms in total. The Labute approximate surface area is 115 Å². The lowest BCUT2D eigenvalue weighted by molar-refractivity contribution is -0.161. The molecule has 0 saturated heterocycles. The van der Waals surface area contributed by atoms with Crippen molar-refractivity contribution in [1.82, 2.24) is 0 Å². The van der Waals surface area contributed by atoms with Crippen molar-refractivity contribution in [2.24, 2.45) is 0 Å². The summed E-state index contributed by atoms with van der Waals surface area (Å²) in [5, 5.41) is 9.61. The van der Waals surface area contributed by atoms with E-state index in [1.54, 1.807) is 54.6 Å². The molecule has 2 aromatic carbocycles. The first-order valence-electron chi connectivity index (χ1n) is 6.24. The van der Waals surface area contributed by atoms with Gasteiger partial charge < -0.3 is 9.84 Å². The Morgan fingerprint density at radius 3 is 2.40 bits per heavy atom. The van der Waals surface area contributed by atoms with Gasteiger partial charge in [0.05, 0.1) is 5.56 Å². The molecule has 0 aliphatic carbocycles. The molecule has 0 spiro atoms. The van der Waals surface area contributed by atoms with Gasteiger partial charge in [0.15, 0.2) is 0 Å². The average molecular weight is 268 g/mol. The fraction of sp³-hybridized carbons (Fsp3) is 0.125. The number of rotatable bonds is 2. The molecular weight excluding hydrogens is 256 g/mol. The number of hydrogen-bond donors (Lipinski definition) is 1. The third-order valence-electron chi connectivity index (χ3n) is 3.53. The highest BCUT2D eigenvalue weighted by molar-refractivity contribution is 5.96. The molecule has 0 bridgehead atoms. The van der Waals surface area contributed by atoms with Crippen molar-refractivity contribution in [2.45, 2.75) is 12.0 Å². The van der Waals surface area contributed by atoms with Gasteiger partial charge in [-0.05, 0) is 11.6 Å². The topological polar surface area (TPSA) is 63.6 Å². The number of aliphatic carboxylic acids is 1. The van der Waals surface area contributed by atoms with Crippen LogP contribution in [0.5, 0.6) is 0 Å². The van der Waals surface area contributed by atoms with E-state index in [0.29, 0.717) is 16.7 Å². The van der Waals surface area contributed by atoms with Crippen molar-refractivity contribution in [2.75, 3.05) is 0 Å². The number of carboxylic acid groups (broad SMARTS) is 1. The van der Waals surface area contributed by atoms with Crippen LogP contribution < -0.4 is 0 Å². The molecule has 4 heteroatoms. The molecule has 0 aromatic heterocycles. The number of carboxylic acids is 1. The summed E-state index contributed by atoms with van der Waals surface area (Å²) in [6.07, 6.45) is 0.133. The molecule has 1 N–H and O–H groups in total. The monoisotopic (exact) mass is 268 g/mol. The second-order valence-corrected chi connectivity index (χ2v) is 4.72. The molecule has 20 heavy (non-hydrogen) atoms. The van der Waals surface area contributed by atoms with Gasteiger partial charge in [-0.15, -0.1) is 0 Å². The highest BCUT2D eigenvalue weighted by atomic mass is 16.6. The van der Waals surface area contributed by atoms with Crippen LogP contribution in [0.25, 0.3) is 0 Å². The van der Waals surface area contributed by atoms with Crippen LogP contribution >= 0.6 is 0 Å². The van der Waals surface area contributed by atoms with Crippen LogP contribution in [0, 0.1) is 0 Å². The van der Waals surface area contributed by atoms with Crippen LogP contribution in [-0.4, -0.2) is 17.0 Å². The van der Waals surface area contributed by atoms with Gasteiger partial charge in [-0.25, -0.2) is 9.59 Å². The smallest absolute Gasteiger partial charge is 0.353 e. The molecule has 0 saturated carbocycles. The predicted octanol–water partition coefficient (Wildman–Crippen LogP) is 2.38. The van der Waals surface area contributed by atoms with E-state index in [4.69, 9.17) is 4.74 Å². The van der Waals surface area contributed by atoms with Crippen LogP contribution in [0.3, 0.4) is 0 Å². The summed E-state index contributed by atoms with van der Waals surface area (Å²) in [5.74, 6) is -1.76. The summed E-state index contributed by atoms with van der Waals surface area (Å²) in [7, 11) is 0. The van der Waals surface area contributed by atoms with Crippen molar-refractivity contribution >= 4 is 11.9 Å². The number of esters is 1. The van der Waals surface area contributed by atoms with Crippen molar-refractivity contribution in [3.05, 3.63) is 71.3 Å². The Balaban J connectivity index is 2.16. The molecular formula is C16H12O4. The zero-order valence-corrected chi connectivity index (χ0v) is 10.6. The van der Waals surface area contributed by atoms with E-state index < -0.39 is 17.5 Å². The minimum atomic E-state index is -1.65. The molecule has 1 aliphatic rings. The summed E-state index contributed by atoms with van der Waals surface area (Å²) in [6, 6.07) is 15.5. The van der Waals surface area contributed by atoms with E-state index in [0.717, 1.165) is 0 Å². The predicted molar refractivity (Wildman–Crippen MR) is 71.3 cm³/mol. The summed E-state index contributed by atoms with van der Waals surface area (Å²) < 4.78 is 5.31. The van der Waals surface area contributed by atoms with E-state index in [9.17, 15) is 14.7 Å². The molecule has 3 rings (SSSR count). The number of benzene rings is 2. The van der Waals surface area contributed by atoms with E-state index in [1.165, 1.54) is 0 Å². The zero-order chi connectivity index (χ0) is 14.2. The Kier molecular flexibility index (Phi) is 2.79. The number of fused-ring (bicyclic) bond motifs is 1. The van der Waals surface area contributed by atoms with Gasteiger partial charge in [0.2, 0.25) is 5.60 Å². The molecule has 2 aromatic rings. The lowest BCUT2D eigenvalue weighted by atomic mass is 9.83. The highest BCUT2D eigenvalue weighted by Crippen LogP contribution is 2.36. The molecule has 0 amide bonds. The molecule has 0 fully saturated rings. The second-order valence-electron chi connectivity index (χ2n) is 4.72. The van der Waals surface area contributed by atoms with Crippen LogP contribution in [-0.2, 0) is 21.6 Å². The first kappa shape index (κ1) is 12.4. The van der Waals surface area contributed by atoms with Gasteiger partial charge in [-0.1, -0.05) is 48.5 Å². The van der Waals surface area contributed by atoms with Gasteiger partial charge >= 0.3 is 11.9 Å². The summed E-state index contributed by atoms with van der Waals surface area (Å²) in [4.78, 5) is 23.8. The minimum Gasteiger partial charge on any atom is -0.478 e. The van der Waals surface area contributed by atoms with Crippen LogP contribution in [0.4, 0.5) is 0 Å². The molecule has 0 radical (unpaired) electrons. The van der Waals surface area contributed by atoms with Crippen LogP contribution in [0.15, 0.2) is 54.6 Å². The zero-order valence-electron chi connectivity index (χ0n) is 10.6.